The number of hydrogen-bond donors (Lipinski definition) is 0. The van der Waals surface area contributed by atoms with Gasteiger partial charge in [0.05, 0.1) is 69.3 Å². The van der Waals surface area contributed by atoms with Crippen molar-refractivity contribution in [3.05, 3.63) is 195 Å². The summed E-state index contributed by atoms with van der Waals surface area (Å²) in [6, 6.07) is 59.8. The van der Waals surface area contributed by atoms with Crippen molar-refractivity contribution in [3.8, 4) is 11.1 Å². The third kappa shape index (κ3) is 4.66. The van der Waals surface area contributed by atoms with E-state index < -0.39 is 0 Å². The molecule has 0 atom stereocenters. The van der Waals surface area contributed by atoms with Crippen molar-refractivity contribution in [2.24, 2.45) is 0 Å². The molecule has 10 rings (SSSR count). The van der Waals surface area contributed by atoms with Gasteiger partial charge in [-0.1, -0.05) is 84.9 Å². The molecule has 246 valence electrons. The fourth-order valence-electron chi connectivity index (χ4n) is 7.70. The Morgan fingerprint density at radius 3 is 0.827 bits per heavy atom. The standard InChI is InChI=1S/C46H32N6/c1-3-15-33(16-4-1)49-37-19-7-11-23-41(37)51(42-24-12-8-20-38(42)49)45-31-47-29-27-35(45)36-28-30-48-32-46(36)52-43-25-13-9-21-39(43)50(34-17-5-2-6-18-34)40-22-10-14-26-44(40)52/h1-32H. The maximum atomic E-state index is 4.74. The van der Waals surface area contributed by atoms with Crippen LogP contribution in [0.15, 0.2) is 195 Å². The van der Waals surface area contributed by atoms with Gasteiger partial charge in [-0.15, -0.1) is 0 Å². The van der Waals surface area contributed by atoms with Gasteiger partial charge in [0.15, 0.2) is 0 Å². The van der Waals surface area contributed by atoms with Crippen LogP contribution in [0.25, 0.3) is 11.1 Å². The maximum absolute atomic E-state index is 4.74. The van der Waals surface area contributed by atoms with Gasteiger partial charge in [-0.2, -0.15) is 0 Å². The summed E-state index contributed by atoms with van der Waals surface area (Å²) >= 11 is 0. The highest BCUT2D eigenvalue weighted by Gasteiger charge is 2.34. The molecule has 0 N–H and O–H groups in total. The van der Waals surface area contributed by atoms with Crippen molar-refractivity contribution in [3.63, 3.8) is 0 Å². The summed E-state index contributed by atoms with van der Waals surface area (Å²) in [6.45, 7) is 0. The summed E-state index contributed by atoms with van der Waals surface area (Å²) in [4.78, 5) is 18.9. The topological polar surface area (TPSA) is 38.7 Å². The fourth-order valence-corrected chi connectivity index (χ4v) is 7.70. The van der Waals surface area contributed by atoms with Crippen molar-refractivity contribution >= 4 is 68.2 Å². The maximum Gasteiger partial charge on any atom is 0.0725 e. The first-order valence-corrected chi connectivity index (χ1v) is 17.4. The molecule has 0 aliphatic carbocycles. The van der Waals surface area contributed by atoms with Gasteiger partial charge in [-0.25, -0.2) is 0 Å². The molecule has 0 spiro atoms. The number of nitrogens with zero attached hydrogens (tertiary/aromatic N) is 6. The second-order valence-corrected chi connectivity index (χ2v) is 12.8. The minimum absolute atomic E-state index is 0.979. The van der Waals surface area contributed by atoms with Crippen LogP contribution in [0.3, 0.4) is 0 Å². The van der Waals surface area contributed by atoms with E-state index in [1.54, 1.807) is 0 Å². The predicted octanol–water partition coefficient (Wildman–Crippen LogP) is 12.6. The Bertz CT molecular complexity index is 2290. The van der Waals surface area contributed by atoms with Crippen molar-refractivity contribution in [2.45, 2.75) is 0 Å². The number of para-hydroxylation sites is 10. The summed E-state index contributed by atoms with van der Waals surface area (Å²) in [6.07, 6.45) is 7.74. The first kappa shape index (κ1) is 29.7. The molecule has 0 saturated carbocycles. The van der Waals surface area contributed by atoms with Gasteiger partial charge in [0.1, 0.15) is 0 Å². The monoisotopic (exact) mass is 668 g/mol. The van der Waals surface area contributed by atoms with Gasteiger partial charge < -0.3 is 19.6 Å². The zero-order valence-corrected chi connectivity index (χ0v) is 28.2. The number of rotatable bonds is 5. The Kier molecular flexibility index (Phi) is 7.03. The quantitative estimate of drug-likeness (QED) is 0.182. The molecule has 2 aliphatic heterocycles. The average molecular weight is 669 g/mol. The highest BCUT2D eigenvalue weighted by Crippen LogP contribution is 2.58. The zero-order valence-electron chi connectivity index (χ0n) is 28.2. The van der Waals surface area contributed by atoms with Gasteiger partial charge in [0, 0.05) is 34.9 Å². The summed E-state index contributed by atoms with van der Waals surface area (Å²) in [5, 5.41) is 0. The fraction of sp³-hybridized carbons (Fsp3) is 0. The highest BCUT2D eigenvalue weighted by molar-refractivity contribution is 6.07. The molecule has 6 aromatic carbocycles. The van der Waals surface area contributed by atoms with E-state index in [4.69, 9.17) is 9.97 Å². The molecule has 6 heteroatoms. The molecule has 8 aromatic rings. The van der Waals surface area contributed by atoms with E-state index >= 15 is 0 Å². The third-order valence-electron chi connectivity index (χ3n) is 9.85. The number of pyridine rings is 2. The van der Waals surface area contributed by atoms with Crippen LogP contribution in [-0.4, -0.2) is 9.97 Å². The van der Waals surface area contributed by atoms with Gasteiger partial charge in [0.25, 0.3) is 0 Å². The summed E-state index contributed by atoms with van der Waals surface area (Å²) in [5.74, 6) is 0. The van der Waals surface area contributed by atoms with E-state index in [0.717, 1.165) is 79.4 Å². The van der Waals surface area contributed by atoms with Gasteiger partial charge >= 0.3 is 0 Å². The highest BCUT2D eigenvalue weighted by atomic mass is 15.3. The Labute approximate surface area is 302 Å². The van der Waals surface area contributed by atoms with Crippen molar-refractivity contribution < 1.29 is 0 Å². The molecule has 52 heavy (non-hydrogen) atoms. The smallest absolute Gasteiger partial charge is 0.0725 e. The van der Waals surface area contributed by atoms with Crippen LogP contribution in [-0.2, 0) is 0 Å². The van der Waals surface area contributed by atoms with Crippen LogP contribution in [0.5, 0.6) is 0 Å². The van der Waals surface area contributed by atoms with Crippen molar-refractivity contribution in [1.29, 1.82) is 0 Å². The second-order valence-electron chi connectivity index (χ2n) is 12.8. The third-order valence-corrected chi connectivity index (χ3v) is 9.85. The Morgan fingerprint density at radius 2 is 0.519 bits per heavy atom. The molecule has 0 bridgehead atoms. The Morgan fingerprint density at radius 1 is 0.250 bits per heavy atom. The molecule has 0 radical (unpaired) electrons. The molecule has 4 heterocycles. The lowest BCUT2D eigenvalue weighted by Gasteiger charge is -2.41. The molecular formula is C46H32N6. The molecule has 0 fully saturated rings. The van der Waals surface area contributed by atoms with E-state index in [-0.39, 0.29) is 0 Å². The summed E-state index contributed by atoms with van der Waals surface area (Å²) < 4.78 is 0. The Balaban J connectivity index is 1.18. The Hall–Kier alpha value is -7.18. The van der Waals surface area contributed by atoms with Crippen molar-refractivity contribution in [2.75, 3.05) is 19.6 Å². The molecule has 6 nitrogen and oxygen atoms in total. The summed E-state index contributed by atoms with van der Waals surface area (Å²) in [5.41, 5.74) is 14.9. The van der Waals surface area contributed by atoms with Gasteiger partial charge in [-0.3, -0.25) is 9.97 Å². The number of benzene rings is 6. The zero-order chi connectivity index (χ0) is 34.4. The number of anilines is 12. The largest absolute Gasteiger partial charge is 0.306 e. The normalized spacial score (nSPS) is 12.8. The molecular weight excluding hydrogens is 637 g/mol. The molecule has 0 saturated heterocycles. The molecule has 2 aromatic heterocycles. The summed E-state index contributed by atoms with van der Waals surface area (Å²) in [7, 11) is 0. The van der Waals surface area contributed by atoms with Gasteiger partial charge in [-0.05, 0) is 84.9 Å². The minimum atomic E-state index is 0.979. The van der Waals surface area contributed by atoms with E-state index in [1.165, 1.54) is 0 Å². The van der Waals surface area contributed by atoms with Crippen LogP contribution < -0.4 is 19.6 Å². The van der Waals surface area contributed by atoms with Gasteiger partial charge in [0.2, 0.25) is 0 Å². The SMILES string of the molecule is c1ccc(N2c3ccccc3N(c3cnccc3-c3ccncc3N3c4ccccc4N(c4ccccc4)c4ccccc43)c3ccccc32)cc1. The van der Waals surface area contributed by atoms with E-state index in [1.807, 2.05) is 24.8 Å². The van der Waals surface area contributed by atoms with Crippen LogP contribution in [0, 0.1) is 0 Å². The second kappa shape index (κ2) is 12.3. The first-order valence-electron chi connectivity index (χ1n) is 17.4. The van der Waals surface area contributed by atoms with Crippen LogP contribution in [0.4, 0.5) is 68.2 Å². The number of hydrogen-bond acceptors (Lipinski definition) is 6. The van der Waals surface area contributed by atoms with E-state index in [9.17, 15) is 0 Å². The molecule has 2 aliphatic rings. The molecule has 0 amide bonds. The number of aromatic nitrogens is 2. The predicted molar refractivity (Wildman–Crippen MR) is 213 cm³/mol. The first-order chi connectivity index (χ1) is 25.9. The van der Waals surface area contributed by atoms with Crippen LogP contribution in [0.1, 0.15) is 0 Å². The number of fused-ring (bicyclic) bond motifs is 4. The average Bonchev–Trinajstić information content (AvgIpc) is 3.22. The lowest BCUT2D eigenvalue weighted by Crippen LogP contribution is -2.25. The van der Waals surface area contributed by atoms with E-state index in [2.05, 4.69) is 189 Å². The lowest BCUT2D eigenvalue weighted by atomic mass is 9.98. The van der Waals surface area contributed by atoms with Crippen LogP contribution in [0.2, 0.25) is 0 Å². The lowest BCUT2D eigenvalue weighted by molar-refractivity contribution is 1.14. The van der Waals surface area contributed by atoms with Crippen molar-refractivity contribution in [1.82, 2.24) is 9.97 Å². The minimum Gasteiger partial charge on any atom is -0.306 e. The van der Waals surface area contributed by atoms with Crippen LogP contribution >= 0.6 is 0 Å². The molecule has 0 unspecified atom stereocenters. The van der Waals surface area contributed by atoms with E-state index in [0.29, 0.717) is 0 Å².